The van der Waals surface area contributed by atoms with E-state index in [0.717, 1.165) is 12.5 Å². The molecule has 1 rings (SSSR count). The van der Waals surface area contributed by atoms with E-state index in [1.165, 1.54) is 38.6 Å². The van der Waals surface area contributed by atoms with Crippen molar-refractivity contribution in [3.05, 3.63) is 0 Å². The predicted molar refractivity (Wildman–Crippen MR) is 61.1 cm³/mol. The Morgan fingerprint density at radius 3 is 2.57 bits per heavy atom. The first kappa shape index (κ1) is 12.0. The Labute approximate surface area is 87.8 Å². The molecule has 1 aliphatic carbocycles. The summed E-state index contributed by atoms with van der Waals surface area (Å²) in [6, 6.07) is 0.142. The van der Waals surface area contributed by atoms with E-state index < -0.39 is 0 Å². The molecule has 0 radical (unpaired) electrons. The quantitative estimate of drug-likeness (QED) is 0.665. The summed E-state index contributed by atoms with van der Waals surface area (Å²) in [4.78, 5) is 2.32. The molecule has 4 N–H and O–H groups in total. The number of nitrogens with zero attached hydrogens (tertiary/aromatic N) is 1. The molecule has 0 aliphatic heterocycles. The van der Waals surface area contributed by atoms with Gasteiger partial charge in [0.1, 0.15) is 0 Å². The standard InChI is InChI=1S/C11H25N3/c1-14(9-11(13)8-12)7-6-10-4-2-3-5-10/h10-11H,2-9,12-13H2,1H3. The first-order valence-corrected chi connectivity index (χ1v) is 5.86. The highest BCUT2D eigenvalue weighted by molar-refractivity contribution is 4.71. The molecule has 3 heteroatoms. The molecule has 0 aromatic carbocycles. The van der Waals surface area contributed by atoms with Crippen LogP contribution in [-0.2, 0) is 0 Å². The van der Waals surface area contributed by atoms with E-state index in [4.69, 9.17) is 11.5 Å². The molecule has 0 aromatic rings. The highest BCUT2D eigenvalue weighted by Crippen LogP contribution is 2.27. The van der Waals surface area contributed by atoms with Crippen LogP contribution in [0.2, 0.25) is 0 Å². The summed E-state index contributed by atoms with van der Waals surface area (Å²) in [5.74, 6) is 0.978. The van der Waals surface area contributed by atoms with Crippen LogP contribution in [0.4, 0.5) is 0 Å². The Morgan fingerprint density at radius 2 is 2.00 bits per heavy atom. The average molecular weight is 199 g/mol. The van der Waals surface area contributed by atoms with Gasteiger partial charge in [0.25, 0.3) is 0 Å². The molecule has 0 aromatic heterocycles. The zero-order valence-corrected chi connectivity index (χ0v) is 9.41. The van der Waals surface area contributed by atoms with Gasteiger partial charge in [-0.3, -0.25) is 0 Å². The molecular formula is C11H25N3. The summed E-state index contributed by atoms with van der Waals surface area (Å²) >= 11 is 0. The van der Waals surface area contributed by atoms with Crippen molar-refractivity contribution in [1.82, 2.24) is 4.90 Å². The second-order valence-electron chi connectivity index (χ2n) is 4.70. The van der Waals surface area contributed by atoms with Gasteiger partial charge in [-0.15, -0.1) is 0 Å². The number of nitrogens with two attached hydrogens (primary N) is 2. The smallest absolute Gasteiger partial charge is 0.0292 e. The maximum absolute atomic E-state index is 5.79. The third kappa shape index (κ3) is 4.40. The van der Waals surface area contributed by atoms with Crippen LogP contribution in [0.1, 0.15) is 32.1 Å². The van der Waals surface area contributed by atoms with Gasteiger partial charge in [0, 0.05) is 19.1 Å². The summed E-state index contributed by atoms with van der Waals surface area (Å²) in [6.45, 7) is 2.70. The van der Waals surface area contributed by atoms with Crippen molar-refractivity contribution in [1.29, 1.82) is 0 Å². The van der Waals surface area contributed by atoms with Crippen molar-refractivity contribution in [2.45, 2.75) is 38.1 Å². The van der Waals surface area contributed by atoms with Crippen molar-refractivity contribution in [3.8, 4) is 0 Å². The average Bonchev–Trinajstić information content (AvgIpc) is 2.67. The van der Waals surface area contributed by atoms with Crippen molar-refractivity contribution in [2.24, 2.45) is 17.4 Å². The number of rotatable bonds is 6. The van der Waals surface area contributed by atoms with E-state index in [1.807, 2.05) is 0 Å². The molecule has 84 valence electrons. The second kappa shape index (κ2) is 6.38. The Kier molecular flexibility index (Phi) is 5.45. The van der Waals surface area contributed by atoms with E-state index in [9.17, 15) is 0 Å². The third-order valence-corrected chi connectivity index (χ3v) is 3.24. The lowest BCUT2D eigenvalue weighted by Crippen LogP contribution is -2.41. The molecule has 1 atom stereocenters. The van der Waals surface area contributed by atoms with Gasteiger partial charge < -0.3 is 16.4 Å². The number of likely N-dealkylation sites (N-methyl/N-ethyl adjacent to an activating group) is 1. The van der Waals surface area contributed by atoms with Crippen molar-refractivity contribution in [2.75, 3.05) is 26.7 Å². The highest BCUT2D eigenvalue weighted by Gasteiger charge is 2.15. The zero-order valence-electron chi connectivity index (χ0n) is 9.41. The van der Waals surface area contributed by atoms with Crippen LogP contribution in [0.15, 0.2) is 0 Å². The van der Waals surface area contributed by atoms with Gasteiger partial charge in [-0.1, -0.05) is 25.7 Å². The summed E-state index contributed by atoms with van der Waals surface area (Å²) < 4.78 is 0. The van der Waals surface area contributed by atoms with E-state index in [0.29, 0.717) is 6.54 Å². The van der Waals surface area contributed by atoms with Gasteiger partial charge in [-0.2, -0.15) is 0 Å². The van der Waals surface area contributed by atoms with Crippen LogP contribution in [0.3, 0.4) is 0 Å². The van der Waals surface area contributed by atoms with Crippen LogP contribution in [0.5, 0.6) is 0 Å². The fourth-order valence-electron chi connectivity index (χ4n) is 2.27. The van der Waals surface area contributed by atoms with Crippen molar-refractivity contribution >= 4 is 0 Å². The fraction of sp³-hybridized carbons (Fsp3) is 1.00. The van der Waals surface area contributed by atoms with Crippen molar-refractivity contribution < 1.29 is 0 Å². The molecular weight excluding hydrogens is 174 g/mol. The fourth-order valence-corrected chi connectivity index (χ4v) is 2.27. The lowest BCUT2D eigenvalue weighted by Gasteiger charge is -2.21. The Hall–Kier alpha value is -0.120. The molecule has 1 unspecified atom stereocenters. The maximum atomic E-state index is 5.79. The van der Waals surface area contributed by atoms with Gasteiger partial charge in [0.15, 0.2) is 0 Å². The molecule has 1 fully saturated rings. The normalized spacial score (nSPS) is 20.6. The molecule has 0 bridgehead atoms. The highest BCUT2D eigenvalue weighted by atomic mass is 15.1. The third-order valence-electron chi connectivity index (χ3n) is 3.24. The van der Waals surface area contributed by atoms with Gasteiger partial charge in [0.2, 0.25) is 0 Å². The lowest BCUT2D eigenvalue weighted by molar-refractivity contribution is 0.285. The molecule has 1 aliphatic rings. The van der Waals surface area contributed by atoms with Crippen LogP contribution in [-0.4, -0.2) is 37.6 Å². The van der Waals surface area contributed by atoms with Crippen LogP contribution in [0.25, 0.3) is 0 Å². The summed E-state index contributed by atoms with van der Waals surface area (Å²) in [7, 11) is 2.14. The summed E-state index contributed by atoms with van der Waals surface area (Å²) in [5, 5.41) is 0. The number of hydrogen-bond acceptors (Lipinski definition) is 3. The minimum atomic E-state index is 0.142. The Bertz CT molecular complexity index is 143. The summed E-state index contributed by atoms with van der Waals surface area (Å²) in [5.41, 5.74) is 11.3. The van der Waals surface area contributed by atoms with Gasteiger partial charge in [0.05, 0.1) is 0 Å². The molecule has 0 spiro atoms. The SMILES string of the molecule is CN(CCC1CCCC1)CC(N)CN. The van der Waals surface area contributed by atoms with Gasteiger partial charge >= 0.3 is 0 Å². The molecule has 0 saturated heterocycles. The minimum absolute atomic E-state index is 0.142. The van der Waals surface area contributed by atoms with E-state index in [-0.39, 0.29) is 6.04 Å². The Morgan fingerprint density at radius 1 is 1.36 bits per heavy atom. The largest absolute Gasteiger partial charge is 0.329 e. The predicted octanol–water partition coefficient (Wildman–Crippen LogP) is 0.785. The van der Waals surface area contributed by atoms with Crippen LogP contribution in [0, 0.1) is 5.92 Å². The molecule has 0 heterocycles. The molecule has 3 nitrogen and oxygen atoms in total. The van der Waals surface area contributed by atoms with Gasteiger partial charge in [-0.25, -0.2) is 0 Å². The second-order valence-corrected chi connectivity index (χ2v) is 4.70. The molecule has 0 amide bonds. The molecule has 1 saturated carbocycles. The Balaban J connectivity index is 2.04. The number of hydrogen-bond donors (Lipinski definition) is 2. The first-order chi connectivity index (χ1) is 6.72. The monoisotopic (exact) mass is 199 g/mol. The van der Waals surface area contributed by atoms with Crippen molar-refractivity contribution in [3.63, 3.8) is 0 Å². The van der Waals surface area contributed by atoms with E-state index in [2.05, 4.69) is 11.9 Å². The first-order valence-electron chi connectivity index (χ1n) is 5.86. The summed E-state index contributed by atoms with van der Waals surface area (Å²) in [6.07, 6.45) is 7.11. The minimum Gasteiger partial charge on any atom is -0.329 e. The molecule has 14 heavy (non-hydrogen) atoms. The van der Waals surface area contributed by atoms with E-state index in [1.54, 1.807) is 0 Å². The topological polar surface area (TPSA) is 55.3 Å². The zero-order chi connectivity index (χ0) is 10.4. The van der Waals surface area contributed by atoms with Gasteiger partial charge in [-0.05, 0) is 25.9 Å². The van der Waals surface area contributed by atoms with Crippen LogP contribution < -0.4 is 11.5 Å². The van der Waals surface area contributed by atoms with E-state index >= 15 is 0 Å². The maximum Gasteiger partial charge on any atom is 0.0292 e. The lowest BCUT2D eigenvalue weighted by atomic mass is 10.0. The van der Waals surface area contributed by atoms with Crippen LogP contribution >= 0.6 is 0 Å².